The Bertz CT molecular complexity index is 253. The Morgan fingerprint density at radius 1 is 1.00 bits per heavy atom. The van der Waals surface area contributed by atoms with E-state index in [0.717, 1.165) is 38.5 Å². The summed E-state index contributed by atoms with van der Waals surface area (Å²) < 4.78 is 5.27. The van der Waals surface area contributed by atoms with Crippen molar-refractivity contribution in [3.8, 4) is 0 Å². The molecular formula is C16H30O4. The van der Waals surface area contributed by atoms with Crippen molar-refractivity contribution in [3.05, 3.63) is 0 Å². The summed E-state index contributed by atoms with van der Waals surface area (Å²) in [5.41, 5.74) is -0.674. The van der Waals surface area contributed by atoms with Gasteiger partial charge in [-0.1, -0.05) is 44.9 Å². The summed E-state index contributed by atoms with van der Waals surface area (Å²) >= 11 is 0. The molecule has 20 heavy (non-hydrogen) atoms. The van der Waals surface area contributed by atoms with Crippen molar-refractivity contribution in [1.82, 2.24) is 0 Å². The monoisotopic (exact) mass is 286 g/mol. The van der Waals surface area contributed by atoms with Crippen LogP contribution in [0.5, 0.6) is 0 Å². The lowest BCUT2D eigenvalue weighted by atomic mass is 9.75. The zero-order chi connectivity index (χ0) is 14.3. The van der Waals surface area contributed by atoms with Crippen LogP contribution in [-0.4, -0.2) is 30.7 Å². The van der Waals surface area contributed by atoms with Gasteiger partial charge in [-0.25, -0.2) is 9.78 Å². The first-order valence-corrected chi connectivity index (χ1v) is 8.31. The second-order valence-electron chi connectivity index (χ2n) is 6.30. The van der Waals surface area contributed by atoms with Gasteiger partial charge in [0.15, 0.2) is 11.9 Å². The minimum absolute atomic E-state index is 0.329. The first-order valence-electron chi connectivity index (χ1n) is 8.31. The van der Waals surface area contributed by atoms with Gasteiger partial charge in [0.1, 0.15) is 0 Å². The van der Waals surface area contributed by atoms with Gasteiger partial charge in [0.2, 0.25) is 0 Å². The second-order valence-corrected chi connectivity index (χ2v) is 6.30. The van der Waals surface area contributed by atoms with Gasteiger partial charge in [0, 0.05) is 7.11 Å². The Morgan fingerprint density at radius 2 is 1.65 bits per heavy atom. The molecule has 2 rings (SSSR count). The highest BCUT2D eigenvalue weighted by Gasteiger charge is 2.47. The SMILES string of the molecule is COC(O)C1(C2CCCCCCC2)CCCCCOO1. The number of aliphatic hydroxyl groups is 1. The highest BCUT2D eigenvalue weighted by molar-refractivity contribution is 4.91. The molecule has 0 aromatic rings. The Morgan fingerprint density at radius 3 is 2.35 bits per heavy atom. The molecule has 118 valence electrons. The van der Waals surface area contributed by atoms with Crippen molar-refractivity contribution in [3.63, 3.8) is 0 Å². The maximum atomic E-state index is 10.4. The minimum Gasteiger partial charge on any atom is -0.366 e. The van der Waals surface area contributed by atoms with Crippen molar-refractivity contribution in [1.29, 1.82) is 0 Å². The lowest BCUT2D eigenvalue weighted by molar-refractivity contribution is -0.419. The van der Waals surface area contributed by atoms with Gasteiger partial charge in [0.25, 0.3) is 0 Å². The van der Waals surface area contributed by atoms with E-state index in [1.54, 1.807) is 7.11 Å². The molecule has 1 saturated carbocycles. The summed E-state index contributed by atoms with van der Waals surface area (Å²) in [5.74, 6) is 0.329. The highest BCUT2D eigenvalue weighted by Crippen LogP contribution is 2.41. The largest absolute Gasteiger partial charge is 0.366 e. The second kappa shape index (κ2) is 8.32. The van der Waals surface area contributed by atoms with Crippen molar-refractivity contribution >= 4 is 0 Å². The van der Waals surface area contributed by atoms with E-state index in [4.69, 9.17) is 14.5 Å². The molecule has 1 aliphatic carbocycles. The molecule has 0 radical (unpaired) electrons. The number of ether oxygens (including phenoxy) is 1. The van der Waals surface area contributed by atoms with E-state index in [1.807, 2.05) is 0 Å². The summed E-state index contributed by atoms with van der Waals surface area (Å²) in [7, 11) is 1.55. The molecule has 0 aromatic carbocycles. The number of hydrogen-bond acceptors (Lipinski definition) is 4. The molecule has 1 saturated heterocycles. The van der Waals surface area contributed by atoms with Crippen LogP contribution < -0.4 is 0 Å². The van der Waals surface area contributed by atoms with Crippen molar-refractivity contribution < 1.29 is 19.6 Å². The van der Waals surface area contributed by atoms with Crippen molar-refractivity contribution in [2.45, 2.75) is 82.5 Å². The summed E-state index contributed by atoms with van der Waals surface area (Å²) in [6, 6.07) is 0. The normalized spacial score (nSPS) is 32.7. The van der Waals surface area contributed by atoms with Crippen molar-refractivity contribution in [2.75, 3.05) is 13.7 Å². The van der Waals surface area contributed by atoms with E-state index >= 15 is 0 Å². The summed E-state index contributed by atoms with van der Waals surface area (Å²) in [4.78, 5) is 11.2. The predicted molar refractivity (Wildman–Crippen MR) is 77.1 cm³/mol. The van der Waals surface area contributed by atoms with Gasteiger partial charge in [-0.2, -0.15) is 0 Å². The van der Waals surface area contributed by atoms with Crippen LogP contribution in [0.4, 0.5) is 0 Å². The third kappa shape index (κ3) is 3.94. The van der Waals surface area contributed by atoms with E-state index in [1.165, 1.54) is 32.1 Å². The highest BCUT2D eigenvalue weighted by atomic mass is 17.2. The van der Waals surface area contributed by atoms with Crippen LogP contribution in [0.1, 0.15) is 70.6 Å². The van der Waals surface area contributed by atoms with Crippen LogP contribution in [0.15, 0.2) is 0 Å². The lowest BCUT2D eigenvalue weighted by Crippen LogP contribution is -2.52. The molecule has 1 aliphatic heterocycles. The van der Waals surface area contributed by atoms with Gasteiger partial charge in [-0.05, 0) is 31.6 Å². The van der Waals surface area contributed by atoms with Crippen molar-refractivity contribution in [2.24, 2.45) is 5.92 Å². The average molecular weight is 286 g/mol. The smallest absolute Gasteiger partial charge is 0.187 e. The van der Waals surface area contributed by atoms with Crippen LogP contribution in [0.3, 0.4) is 0 Å². The third-order valence-electron chi connectivity index (χ3n) is 4.95. The average Bonchev–Trinajstić information content (AvgIpc) is 2.39. The summed E-state index contributed by atoms with van der Waals surface area (Å²) in [6.45, 7) is 0.616. The van der Waals surface area contributed by atoms with E-state index in [9.17, 15) is 5.11 Å². The summed E-state index contributed by atoms with van der Waals surface area (Å²) in [6.07, 6.45) is 11.7. The fourth-order valence-electron chi connectivity index (χ4n) is 3.71. The lowest BCUT2D eigenvalue weighted by Gasteiger charge is -2.43. The topological polar surface area (TPSA) is 47.9 Å². The molecule has 0 amide bonds. The van der Waals surface area contributed by atoms with E-state index < -0.39 is 11.9 Å². The van der Waals surface area contributed by atoms with Crippen LogP contribution in [0, 0.1) is 5.92 Å². The van der Waals surface area contributed by atoms with Crippen LogP contribution in [0.2, 0.25) is 0 Å². The van der Waals surface area contributed by atoms with E-state index in [2.05, 4.69) is 0 Å². The van der Waals surface area contributed by atoms with Gasteiger partial charge in [0.05, 0.1) is 6.61 Å². The Balaban J connectivity index is 2.13. The van der Waals surface area contributed by atoms with E-state index in [0.29, 0.717) is 12.5 Å². The molecule has 2 fully saturated rings. The van der Waals surface area contributed by atoms with E-state index in [-0.39, 0.29) is 0 Å². The minimum atomic E-state index is -0.898. The number of aliphatic hydroxyl groups excluding tert-OH is 1. The van der Waals surface area contributed by atoms with Crippen LogP contribution >= 0.6 is 0 Å². The predicted octanol–water partition coefficient (Wildman–Crippen LogP) is 3.57. The summed E-state index contributed by atoms with van der Waals surface area (Å²) in [5, 5.41) is 10.4. The van der Waals surface area contributed by atoms with Crippen LogP contribution in [-0.2, 0) is 14.5 Å². The standard InChI is InChI=1S/C16H30O4/c1-18-15(17)16(12-8-5-9-13-19-20-16)14-10-6-3-2-4-7-11-14/h14-15,17H,2-13H2,1H3. The number of methoxy groups -OCH3 is 1. The molecule has 4 heteroatoms. The quantitative estimate of drug-likeness (QED) is 0.636. The molecule has 2 unspecified atom stereocenters. The molecule has 1 heterocycles. The Hall–Kier alpha value is -0.160. The van der Waals surface area contributed by atoms with Crippen LogP contribution in [0.25, 0.3) is 0 Å². The molecule has 2 aliphatic rings. The molecule has 0 aromatic heterocycles. The third-order valence-corrected chi connectivity index (χ3v) is 4.95. The number of rotatable bonds is 3. The maximum absolute atomic E-state index is 10.4. The first-order chi connectivity index (χ1) is 9.79. The molecule has 2 atom stereocenters. The van der Waals surface area contributed by atoms with Gasteiger partial charge >= 0.3 is 0 Å². The molecular weight excluding hydrogens is 256 g/mol. The molecule has 1 N–H and O–H groups in total. The zero-order valence-electron chi connectivity index (χ0n) is 12.8. The van der Waals surface area contributed by atoms with Gasteiger partial charge in [-0.15, -0.1) is 0 Å². The molecule has 4 nitrogen and oxygen atoms in total. The zero-order valence-corrected chi connectivity index (χ0v) is 12.8. The molecule has 0 spiro atoms. The van der Waals surface area contributed by atoms with Gasteiger partial charge < -0.3 is 9.84 Å². The maximum Gasteiger partial charge on any atom is 0.187 e. The first kappa shape index (κ1) is 16.2. The molecule has 0 bridgehead atoms. The fraction of sp³-hybridized carbons (Fsp3) is 1.00. The number of hydrogen-bond donors (Lipinski definition) is 1. The Kier molecular flexibility index (Phi) is 6.75. The van der Waals surface area contributed by atoms with Gasteiger partial charge in [-0.3, -0.25) is 0 Å². The Labute approximate surface area is 122 Å². The fourth-order valence-corrected chi connectivity index (χ4v) is 3.71.